The summed E-state index contributed by atoms with van der Waals surface area (Å²) in [5, 5.41) is 11.9. The van der Waals surface area contributed by atoms with Gasteiger partial charge in [-0.25, -0.2) is 0 Å². The molecule has 5 rings (SSSR count). The molecule has 0 bridgehead atoms. The van der Waals surface area contributed by atoms with Crippen LogP contribution in [0.15, 0.2) is 90.0 Å². The fourth-order valence-corrected chi connectivity index (χ4v) is 5.04. The number of nitrogens with one attached hydrogen (secondary N) is 1. The van der Waals surface area contributed by atoms with E-state index in [1.165, 1.54) is 11.9 Å². The number of aromatic nitrogens is 1. The van der Waals surface area contributed by atoms with E-state index in [1.807, 2.05) is 72.8 Å². The third-order valence-electron chi connectivity index (χ3n) is 5.94. The van der Waals surface area contributed by atoms with E-state index in [0.29, 0.717) is 30.8 Å². The Morgan fingerprint density at radius 3 is 2.68 bits per heavy atom. The molecule has 3 aromatic carbocycles. The zero-order valence-electron chi connectivity index (χ0n) is 18.8. The zero-order chi connectivity index (χ0) is 23.5. The van der Waals surface area contributed by atoms with Crippen LogP contribution in [0.4, 0.5) is 5.69 Å². The molecule has 0 saturated carbocycles. The van der Waals surface area contributed by atoms with Gasteiger partial charge in [-0.05, 0) is 41.8 Å². The van der Waals surface area contributed by atoms with Crippen LogP contribution in [0.2, 0.25) is 0 Å². The van der Waals surface area contributed by atoms with E-state index in [0.717, 1.165) is 27.0 Å². The highest BCUT2D eigenvalue weighted by Gasteiger charge is 2.44. The first-order valence-electron chi connectivity index (χ1n) is 11.0. The average molecular weight is 472 g/mol. The molecule has 2 heterocycles. The van der Waals surface area contributed by atoms with Gasteiger partial charge in [0, 0.05) is 29.8 Å². The molecule has 0 radical (unpaired) electrons. The first-order chi connectivity index (χ1) is 16.5. The van der Waals surface area contributed by atoms with Crippen LogP contribution in [0, 0.1) is 0 Å². The lowest BCUT2D eigenvalue weighted by molar-refractivity contribution is -0.0800. The topological polar surface area (TPSA) is 74.7 Å². The molecule has 4 aromatic rings. The van der Waals surface area contributed by atoms with Crippen molar-refractivity contribution in [1.82, 2.24) is 9.88 Å². The molecule has 1 aliphatic rings. The first kappa shape index (κ1) is 22.3. The molecule has 0 atom stereocenters. The van der Waals surface area contributed by atoms with Gasteiger partial charge in [0.25, 0.3) is 5.91 Å². The molecule has 34 heavy (non-hydrogen) atoms. The number of rotatable bonds is 7. The Morgan fingerprint density at radius 2 is 1.88 bits per heavy atom. The third-order valence-corrected chi connectivity index (χ3v) is 6.83. The maximum atomic E-state index is 13.1. The minimum absolute atomic E-state index is 0.146. The number of pyridine rings is 1. The van der Waals surface area contributed by atoms with Crippen LogP contribution in [-0.4, -0.2) is 46.7 Å². The van der Waals surface area contributed by atoms with Gasteiger partial charge in [0.15, 0.2) is 0 Å². The van der Waals surface area contributed by atoms with Crippen molar-refractivity contribution >= 4 is 34.4 Å². The van der Waals surface area contributed by atoms with Gasteiger partial charge in [0.05, 0.1) is 36.2 Å². The molecular formula is C27H25N3O3S. The van der Waals surface area contributed by atoms with Gasteiger partial charge in [-0.1, -0.05) is 48.5 Å². The Bertz CT molecular complexity index is 1320. The molecule has 1 aliphatic heterocycles. The third kappa shape index (κ3) is 4.58. The summed E-state index contributed by atoms with van der Waals surface area (Å²) in [7, 11) is 1.56. The number of hydrogen-bond acceptors (Lipinski definition) is 6. The van der Waals surface area contributed by atoms with Gasteiger partial charge in [0.1, 0.15) is 11.4 Å². The molecule has 6 nitrogen and oxygen atoms in total. The van der Waals surface area contributed by atoms with Crippen molar-refractivity contribution in [2.75, 3.05) is 24.9 Å². The van der Waals surface area contributed by atoms with Crippen LogP contribution >= 0.6 is 11.9 Å². The lowest BCUT2D eigenvalue weighted by Crippen LogP contribution is -2.64. The number of fused-ring (bicyclic) bond motifs is 1. The summed E-state index contributed by atoms with van der Waals surface area (Å²) >= 11 is 1.46. The minimum atomic E-state index is -0.894. The van der Waals surface area contributed by atoms with E-state index < -0.39 is 5.60 Å². The van der Waals surface area contributed by atoms with Crippen molar-refractivity contribution in [1.29, 1.82) is 0 Å². The summed E-state index contributed by atoms with van der Waals surface area (Å²) in [6.07, 6.45) is 2.31. The Hall–Kier alpha value is -3.55. The summed E-state index contributed by atoms with van der Waals surface area (Å²) in [5.41, 5.74) is 2.39. The number of carbonyl (C=O) groups excluding carboxylic acids is 1. The van der Waals surface area contributed by atoms with Crippen LogP contribution < -0.4 is 9.46 Å². The maximum absolute atomic E-state index is 13.1. The summed E-state index contributed by atoms with van der Waals surface area (Å²) in [4.78, 5) is 20.2. The summed E-state index contributed by atoms with van der Waals surface area (Å²) in [5.74, 6) is 0.345. The lowest BCUT2D eigenvalue weighted by Gasteiger charge is -2.46. The van der Waals surface area contributed by atoms with Gasteiger partial charge in [0.2, 0.25) is 0 Å². The Morgan fingerprint density at radius 1 is 1.09 bits per heavy atom. The molecule has 1 saturated heterocycles. The van der Waals surface area contributed by atoms with Gasteiger partial charge < -0.3 is 19.5 Å². The molecule has 2 N–H and O–H groups in total. The van der Waals surface area contributed by atoms with Crippen LogP contribution in [-0.2, 0) is 6.42 Å². The van der Waals surface area contributed by atoms with Gasteiger partial charge in [-0.2, -0.15) is 0 Å². The van der Waals surface area contributed by atoms with E-state index in [-0.39, 0.29) is 5.91 Å². The normalized spacial score (nSPS) is 14.5. The van der Waals surface area contributed by atoms with Crippen molar-refractivity contribution in [3.8, 4) is 5.75 Å². The Labute approximate surface area is 202 Å². The van der Waals surface area contributed by atoms with Crippen LogP contribution in [0.1, 0.15) is 15.9 Å². The smallest absolute Gasteiger partial charge is 0.257 e. The SMILES string of the molecule is COc1cc(NSc2cccc3cccnc23)ccc1C(=O)N1CC(O)(Cc2ccccc2)C1. The molecule has 0 aliphatic carbocycles. The summed E-state index contributed by atoms with van der Waals surface area (Å²) in [6.45, 7) is 0.599. The van der Waals surface area contributed by atoms with Crippen LogP contribution in [0.25, 0.3) is 10.9 Å². The second kappa shape index (κ2) is 9.37. The largest absolute Gasteiger partial charge is 0.496 e. The molecule has 172 valence electrons. The number of β-amino-alcohol motifs (C(OH)–C–C–N with tert-alkyl or cyclic N) is 1. The van der Waals surface area contributed by atoms with Crippen molar-refractivity contribution in [3.63, 3.8) is 0 Å². The number of aliphatic hydroxyl groups is 1. The number of hydrogen-bond donors (Lipinski definition) is 2. The second-order valence-corrected chi connectivity index (χ2v) is 9.35. The highest BCUT2D eigenvalue weighted by molar-refractivity contribution is 8.00. The number of para-hydroxylation sites is 1. The van der Waals surface area contributed by atoms with Crippen LogP contribution in [0.5, 0.6) is 5.75 Å². The second-order valence-electron chi connectivity index (χ2n) is 8.50. The number of amides is 1. The van der Waals surface area contributed by atoms with Gasteiger partial charge >= 0.3 is 0 Å². The molecular weight excluding hydrogens is 446 g/mol. The van der Waals surface area contributed by atoms with Crippen molar-refractivity contribution in [2.45, 2.75) is 16.9 Å². The molecule has 0 spiro atoms. The van der Waals surface area contributed by atoms with Crippen molar-refractivity contribution in [3.05, 3.63) is 96.2 Å². The molecule has 0 unspecified atom stereocenters. The number of carbonyl (C=O) groups is 1. The number of benzene rings is 3. The van der Waals surface area contributed by atoms with Gasteiger partial charge in [-0.15, -0.1) is 0 Å². The Balaban J connectivity index is 1.25. The number of methoxy groups -OCH3 is 1. The molecule has 7 heteroatoms. The Kier molecular flexibility index (Phi) is 6.13. The first-order valence-corrected chi connectivity index (χ1v) is 11.9. The highest BCUT2D eigenvalue weighted by Crippen LogP contribution is 2.33. The summed E-state index contributed by atoms with van der Waals surface area (Å²) < 4.78 is 8.85. The molecule has 1 amide bonds. The van der Waals surface area contributed by atoms with E-state index >= 15 is 0 Å². The molecule has 1 fully saturated rings. The summed E-state index contributed by atoms with van der Waals surface area (Å²) in [6, 6.07) is 25.3. The number of likely N-dealkylation sites (tertiary alicyclic amines) is 1. The highest BCUT2D eigenvalue weighted by atomic mass is 32.2. The van der Waals surface area contributed by atoms with Gasteiger partial charge in [-0.3, -0.25) is 9.78 Å². The van der Waals surface area contributed by atoms with E-state index in [9.17, 15) is 9.90 Å². The fourth-order valence-electron chi connectivity index (χ4n) is 4.27. The minimum Gasteiger partial charge on any atom is -0.496 e. The quantitative estimate of drug-likeness (QED) is 0.378. The maximum Gasteiger partial charge on any atom is 0.257 e. The monoisotopic (exact) mass is 471 g/mol. The number of anilines is 1. The van der Waals surface area contributed by atoms with E-state index in [4.69, 9.17) is 4.74 Å². The van der Waals surface area contributed by atoms with E-state index in [2.05, 4.69) is 9.71 Å². The number of nitrogens with zero attached hydrogens (tertiary/aromatic N) is 2. The predicted octanol–water partition coefficient (Wildman–Crippen LogP) is 4.79. The zero-order valence-corrected chi connectivity index (χ0v) is 19.6. The lowest BCUT2D eigenvalue weighted by atomic mass is 9.86. The predicted molar refractivity (Wildman–Crippen MR) is 135 cm³/mol. The fraction of sp³-hybridized carbons (Fsp3) is 0.185. The molecule has 1 aromatic heterocycles. The van der Waals surface area contributed by atoms with Crippen molar-refractivity contribution in [2.24, 2.45) is 0 Å². The number of ether oxygens (including phenoxy) is 1. The standard InChI is InChI=1S/C27H25N3O3S/c1-33-23-15-21(29-34-24-11-5-9-20-10-6-14-28-25(20)24)12-13-22(23)26(31)30-17-27(32,18-30)16-19-7-3-2-4-8-19/h2-15,29,32H,16-18H2,1H3. The average Bonchev–Trinajstić information content (AvgIpc) is 2.86. The van der Waals surface area contributed by atoms with Crippen molar-refractivity contribution < 1.29 is 14.6 Å². The van der Waals surface area contributed by atoms with Crippen LogP contribution in [0.3, 0.4) is 0 Å². The van der Waals surface area contributed by atoms with E-state index in [1.54, 1.807) is 24.3 Å².